The van der Waals surface area contributed by atoms with Gasteiger partial charge in [-0.05, 0) is 26.0 Å². The van der Waals surface area contributed by atoms with E-state index in [9.17, 15) is 12.8 Å². The Bertz CT molecular complexity index is 489. The zero-order valence-electron chi connectivity index (χ0n) is 10.8. The Labute approximate surface area is 112 Å². The van der Waals surface area contributed by atoms with Crippen molar-refractivity contribution in [3.63, 3.8) is 0 Å². The number of sulfonamides is 1. The van der Waals surface area contributed by atoms with Crippen LogP contribution in [-0.2, 0) is 19.5 Å². The van der Waals surface area contributed by atoms with Crippen molar-refractivity contribution < 1.29 is 22.3 Å². The van der Waals surface area contributed by atoms with Crippen LogP contribution < -0.4 is 4.72 Å². The van der Waals surface area contributed by atoms with Crippen LogP contribution >= 0.6 is 0 Å². The van der Waals surface area contributed by atoms with Crippen LogP contribution in [0.3, 0.4) is 0 Å². The molecule has 6 nitrogen and oxygen atoms in total. The average Bonchev–Trinajstić information content (AvgIpc) is 2.37. The van der Waals surface area contributed by atoms with Crippen molar-refractivity contribution in [1.29, 1.82) is 0 Å². The van der Waals surface area contributed by atoms with E-state index in [0.717, 1.165) is 6.07 Å². The van der Waals surface area contributed by atoms with Crippen LogP contribution in [0.15, 0.2) is 23.4 Å². The van der Waals surface area contributed by atoms with Gasteiger partial charge in [0.25, 0.3) is 10.0 Å². The lowest BCUT2D eigenvalue weighted by Gasteiger charge is -2.17. The Morgan fingerprint density at radius 1 is 1.37 bits per heavy atom. The summed E-state index contributed by atoms with van der Waals surface area (Å²) in [4.78, 5) is 3.51. The first-order chi connectivity index (χ1) is 9.01. The molecule has 0 saturated carbocycles. The molecular weight excluding hydrogens is 275 g/mol. The maximum absolute atomic E-state index is 13.4. The first-order valence-corrected chi connectivity index (χ1v) is 7.33. The Morgan fingerprint density at radius 3 is 2.53 bits per heavy atom. The lowest BCUT2D eigenvalue weighted by Crippen LogP contribution is -2.36. The number of rotatable bonds is 8. The van der Waals surface area contributed by atoms with Crippen LogP contribution in [-0.4, -0.2) is 39.5 Å². The molecule has 0 fully saturated rings. The third-order valence-electron chi connectivity index (χ3n) is 2.12. The number of nitrogens with one attached hydrogen (secondary N) is 1. The van der Waals surface area contributed by atoms with E-state index >= 15 is 0 Å². The summed E-state index contributed by atoms with van der Waals surface area (Å²) >= 11 is 0. The molecule has 0 aromatic carbocycles. The summed E-state index contributed by atoms with van der Waals surface area (Å²) in [6.45, 7) is 4.17. The third-order valence-corrected chi connectivity index (χ3v) is 3.48. The van der Waals surface area contributed by atoms with Crippen molar-refractivity contribution in [3.05, 3.63) is 24.1 Å². The van der Waals surface area contributed by atoms with E-state index in [1.807, 2.05) is 0 Å². The molecule has 1 heterocycles. The number of aromatic nitrogens is 1. The van der Waals surface area contributed by atoms with E-state index in [1.165, 1.54) is 12.3 Å². The minimum absolute atomic E-state index is 0.111. The van der Waals surface area contributed by atoms with Gasteiger partial charge in [-0.1, -0.05) is 0 Å². The van der Waals surface area contributed by atoms with Gasteiger partial charge < -0.3 is 9.47 Å². The van der Waals surface area contributed by atoms with Gasteiger partial charge in [0.1, 0.15) is 0 Å². The molecule has 108 valence electrons. The summed E-state index contributed by atoms with van der Waals surface area (Å²) in [6.07, 6.45) is 0.497. The Morgan fingerprint density at radius 2 is 2.00 bits per heavy atom. The molecular formula is C11H17FN2O4S. The Hall–Kier alpha value is -1.09. The average molecular weight is 292 g/mol. The highest BCUT2D eigenvalue weighted by Crippen LogP contribution is 2.09. The minimum Gasteiger partial charge on any atom is -0.352 e. The molecule has 1 aromatic rings. The molecule has 0 bridgehead atoms. The fraction of sp³-hybridized carbons (Fsp3) is 0.545. The topological polar surface area (TPSA) is 77.5 Å². The molecule has 19 heavy (non-hydrogen) atoms. The molecule has 0 atom stereocenters. The maximum Gasteiger partial charge on any atom is 0.261 e. The van der Waals surface area contributed by atoms with Crippen LogP contribution in [0.5, 0.6) is 0 Å². The normalized spacial score (nSPS) is 12.0. The highest BCUT2D eigenvalue weighted by molar-refractivity contribution is 7.89. The number of nitrogens with zero attached hydrogens (tertiary/aromatic N) is 1. The van der Waals surface area contributed by atoms with E-state index < -0.39 is 27.2 Å². The second-order valence-corrected chi connectivity index (χ2v) is 5.16. The quantitative estimate of drug-likeness (QED) is 0.720. The molecule has 0 saturated heterocycles. The number of halogens is 1. The highest BCUT2D eigenvalue weighted by atomic mass is 32.2. The predicted molar refractivity (Wildman–Crippen MR) is 66.4 cm³/mol. The molecule has 0 amide bonds. The SMILES string of the molecule is CCOC(CNS(=O)(=O)c1ncccc1F)OCC. The van der Waals surface area contributed by atoms with Crippen LogP contribution in [0.2, 0.25) is 0 Å². The van der Waals surface area contributed by atoms with Crippen LogP contribution in [0.4, 0.5) is 4.39 Å². The van der Waals surface area contributed by atoms with Gasteiger partial charge in [0, 0.05) is 19.4 Å². The van der Waals surface area contributed by atoms with E-state index in [-0.39, 0.29) is 6.54 Å². The molecule has 0 spiro atoms. The number of hydrogen-bond acceptors (Lipinski definition) is 5. The van der Waals surface area contributed by atoms with Gasteiger partial charge in [-0.15, -0.1) is 0 Å². The van der Waals surface area contributed by atoms with Crippen molar-refractivity contribution in [2.24, 2.45) is 0 Å². The van der Waals surface area contributed by atoms with Gasteiger partial charge in [0.05, 0.1) is 6.54 Å². The number of ether oxygens (including phenoxy) is 2. The van der Waals surface area contributed by atoms with E-state index in [4.69, 9.17) is 9.47 Å². The lowest BCUT2D eigenvalue weighted by molar-refractivity contribution is -0.130. The number of pyridine rings is 1. The van der Waals surface area contributed by atoms with Crippen LogP contribution in [0, 0.1) is 5.82 Å². The summed E-state index contributed by atoms with van der Waals surface area (Å²) in [7, 11) is -4.02. The first kappa shape index (κ1) is 16.0. The summed E-state index contributed by atoms with van der Waals surface area (Å²) in [6, 6.07) is 2.35. The monoisotopic (exact) mass is 292 g/mol. The third kappa shape index (κ3) is 4.83. The molecule has 1 aromatic heterocycles. The van der Waals surface area contributed by atoms with E-state index in [2.05, 4.69) is 9.71 Å². The molecule has 1 N–H and O–H groups in total. The van der Waals surface area contributed by atoms with Crippen LogP contribution in [0.25, 0.3) is 0 Å². The summed E-state index contributed by atoms with van der Waals surface area (Å²) < 4.78 is 49.6. The number of hydrogen-bond donors (Lipinski definition) is 1. The molecule has 1 rings (SSSR count). The molecule has 0 aliphatic heterocycles. The van der Waals surface area contributed by atoms with Gasteiger partial charge in [-0.25, -0.2) is 22.5 Å². The second kappa shape index (κ2) is 7.49. The standard InChI is InChI=1S/C11H17FN2O4S/c1-3-17-10(18-4-2)8-14-19(15,16)11-9(12)6-5-7-13-11/h5-7,10,14H,3-4,8H2,1-2H3. The second-order valence-electron chi connectivity index (χ2n) is 3.48. The fourth-order valence-electron chi connectivity index (χ4n) is 1.35. The zero-order chi connectivity index (χ0) is 14.3. The van der Waals surface area contributed by atoms with Crippen molar-refractivity contribution in [3.8, 4) is 0 Å². The van der Waals surface area contributed by atoms with E-state index in [1.54, 1.807) is 13.8 Å². The molecule has 0 unspecified atom stereocenters. The molecule has 8 heteroatoms. The smallest absolute Gasteiger partial charge is 0.261 e. The van der Waals surface area contributed by atoms with Gasteiger partial charge >= 0.3 is 0 Å². The maximum atomic E-state index is 13.4. The highest BCUT2D eigenvalue weighted by Gasteiger charge is 2.22. The fourth-order valence-corrected chi connectivity index (χ4v) is 2.37. The molecule has 0 aliphatic carbocycles. The van der Waals surface area contributed by atoms with Crippen molar-refractivity contribution >= 4 is 10.0 Å². The van der Waals surface area contributed by atoms with Gasteiger partial charge in [-0.2, -0.15) is 0 Å². The van der Waals surface area contributed by atoms with Gasteiger partial charge in [-0.3, -0.25) is 0 Å². The Kier molecular flexibility index (Phi) is 6.29. The van der Waals surface area contributed by atoms with Gasteiger partial charge in [0.2, 0.25) is 5.03 Å². The van der Waals surface area contributed by atoms with Crippen LogP contribution in [0.1, 0.15) is 13.8 Å². The van der Waals surface area contributed by atoms with Crippen molar-refractivity contribution in [2.75, 3.05) is 19.8 Å². The summed E-state index contributed by atoms with van der Waals surface area (Å²) in [5, 5.41) is -0.637. The first-order valence-electron chi connectivity index (χ1n) is 5.84. The predicted octanol–water partition coefficient (Wildman–Crippen LogP) is 0.898. The largest absolute Gasteiger partial charge is 0.352 e. The minimum atomic E-state index is -4.02. The van der Waals surface area contributed by atoms with E-state index in [0.29, 0.717) is 13.2 Å². The summed E-state index contributed by atoms with van der Waals surface area (Å²) in [5.41, 5.74) is 0. The van der Waals surface area contributed by atoms with Crippen molar-refractivity contribution in [1.82, 2.24) is 9.71 Å². The molecule has 0 aliphatic rings. The van der Waals surface area contributed by atoms with Crippen molar-refractivity contribution in [2.45, 2.75) is 25.2 Å². The molecule has 0 radical (unpaired) electrons. The Balaban J connectivity index is 2.72. The zero-order valence-corrected chi connectivity index (χ0v) is 11.6. The summed E-state index contributed by atoms with van der Waals surface area (Å²) in [5.74, 6) is -0.903. The van der Waals surface area contributed by atoms with Gasteiger partial charge in [0.15, 0.2) is 12.1 Å². The lowest BCUT2D eigenvalue weighted by atomic mass is 10.5.